The number of rotatable bonds is 6. The maximum Gasteiger partial charge on any atom is 0.262 e. The molecule has 0 saturated carbocycles. The van der Waals surface area contributed by atoms with Gasteiger partial charge in [-0.1, -0.05) is 0 Å². The smallest absolute Gasteiger partial charge is 0.262 e. The van der Waals surface area contributed by atoms with Gasteiger partial charge in [0.15, 0.2) is 0 Å². The molecule has 0 radical (unpaired) electrons. The van der Waals surface area contributed by atoms with Crippen LogP contribution in [0, 0.1) is 0 Å². The Bertz CT molecular complexity index is 541. The first-order valence-electron chi connectivity index (χ1n) is 5.80. The maximum absolute atomic E-state index is 12.0. The maximum atomic E-state index is 12.0. The lowest BCUT2D eigenvalue weighted by Crippen LogP contribution is -2.30. The number of amides is 1. The molecule has 1 rings (SSSR count). The standard InChI is InChI=1S/C11H19N3O3S2.ClH/c1-8(12)4-6-13-11(15)10-9(5-7-18-10)19(16,17)14(2)3;/h5,7-8H,4,6,12H2,1-3H3,(H,13,15);1H. The minimum absolute atomic E-state index is 0. The van der Waals surface area contributed by atoms with Crippen LogP contribution >= 0.6 is 23.7 Å². The summed E-state index contributed by atoms with van der Waals surface area (Å²) in [6, 6.07) is 1.44. The summed E-state index contributed by atoms with van der Waals surface area (Å²) in [6.07, 6.45) is 0.646. The molecular weight excluding hydrogens is 322 g/mol. The quantitative estimate of drug-likeness (QED) is 0.803. The Morgan fingerprint density at radius 2 is 2.10 bits per heavy atom. The van der Waals surface area contributed by atoms with Crippen molar-refractivity contribution < 1.29 is 13.2 Å². The fourth-order valence-corrected chi connectivity index (χ4v) is 3.57. The lowest BCUT2D eigenvalue weighted by Gasteiger charge is -2.12. The molecule has 0 aromatic carbocycles. The van der Waals surface area contributed by atoms with E-state index in [2.05, 4.69) is 5.32 Å². The molecule has 0 aliphatic carbocycles. The van der Waals surface area contributed by atoms with Crippen LogP contribution in [-0.2, 0) is 10.0 Å². The first-order chi connectivity index (χ1) is 8.76. The SMILES string of the molecule is CC(N)CCNC(=O)c1sccc1S(=O)(=O)N(C)C.Cl. The molecule has 116 valence electrons. The van der Waals surface area contributed by atoms with E-state index in [0.717, 1.165) is 15.6 Å². The van der Waals surface area contributed by atoms with Crippen LogP contribution in [0.4, 0.5) is 0 Å². The van der Waals surface area contributed by atoms with Crippen LogP contribution in [0.25, 0.3) is 0 Å². The van der Waals surface area contributed by atoms with Gasteiger partial charge < -0.3 is 11.1 Å². The zero-order chi connectivity index (χ0) is 14.6. The molecule has 1 aromatic rings. The number of nitrogens with one attached hydrogen (secondary N) is 1. The Balaban J connectivity index is 0.00000361. The molecule has 0 bridgehead atoms. The van der Waals surface area contributed by atoms with E-state index in [-0.39, 0.29) is 34.1 Å². The molecule has 0 fully saturated rings. The molecule has 0 saturated heterocycles. The Labute approximate surface area is 129 Å². The van der Waals surface area contributed by atoms with Crippen LogP contribution in [0.15, 0.2) is 16.3 Å². The van der Waals surface area contributed by atoms with Crippen molar-refractivity contribution in [2.24, 2.45) is 5.73 Å². The van der Waals surface area contributed by atoms with Gasteiger partial charge in [0.05, 0.1) is 0 Å². The minimum Gasteiger partial charge on any atom is -0.351 e. The first-order valence-corrected chi connectivity index (χ1v) is 8.12. The summed E-state index contributed by atoms with van der Waals surface area (Å²) in [5.74, 6) is -0.379. The van der Waals surface area contributed by atoms with Gasteiger partial charge in [-0.05, 0) is 24.8 Å². The van der Waals surface area contributed by atoms with Gasteiger partial charge in [0.25, 0.3) is 5.91 Å². The van der Waals surface area contributed by atoms with Crippen LogP contribution in [0.5, 0.6) is 0 Å². The van der Waals surface area contributed by atoms with Gasteiger partial charge in [0.2, 0.25) is 10.0 Å². The van der Waals surface area contributed by atoms with Crippen LogP contribution in [-0.4, -0.2) is 45.3 Å². The second kappa shape index (κ2) is 7.94. The van der Waals surface area contributed by atoms with Gasteiger partial charge in [-0.15, -0.1) is 23.7 Å². The van der Waals surface area contributed by atoms with E-state index in [9.17, 15) is 13.2 Å². The summed E-state index contributed by atoms with van der Waals surface area (Å²) in [7, 11) is -0.722. The molecule has 6 nitrogen and oxygen atoms in total. The molecule has 1 heterocycles. The zero-order valence-corrected chi connectivity index (χ0v) is 14.1. The van der Waals surface area contributed by atoms with Gasteiger partial charge in [-0.2, -0.15) is 0 Å². The molecule has 0 aliphatic rings. The van der Waals surface area contributed by atoms with E-state index in [1.165, 1.54) is 20.2 Å². The van der Waals surface area contributed by atoms with Crippen molar-refractivity contribution in [2.45, 2.75) is 24.3 Å². The lowest BCUT2D eigenvalue weighted by atomic mass is 10.2. The van der Waals surface area contributed by atoms with E-state index in [4.69, 9.17) is 5.73 Å². The summed E-state index contributed by atoms with van der Waals surface area (Å²) in [4.78, 5) is 12.2. The van der Waals surface area contributed by atoms with Crippen LogP contribution in [0.2, 0.25) is 0 Å². The van der Waals surface area contributed by atoms with Gasteiger partial charge in [-0.3, -0.25) is 4.79 Å². The highest BCUT2D eigenvalue weighted by atomic mass is 35.5. The molecule has 1 amide bonds. The molecule has 1 aromatic heterocycles. The highest BCUT2D eigenvalue weighted by Crippen LogP contribution is 2.23. The minimum atomic E-state index is -3.59. The second-order valence-electron chi connectivity index (χ2n) is 4.42. The van der Waals surface area contributed by atoms with E-state index in [0.29, 0.717) is 13.0 Å². The van der Waals surface area contributed by atoms with Crippen LogP contribution in [0.1, 0.15) is 23.0 Å². The van der Waals surface area contributed by atoms with Crippen molar-refractivity contribution in [1.82, 2.24) is 9.62 Å². The molecule has 1 unspecified atom stereocenters. The van der Waals surface area contributed by atoms with Gasteiger partial charge in [-0.25, -0.2) is 12.7 Å². The third kappa shape index (κ3) is 4.71. The number of hydrogen-bond donors (Lipinski definition) is 2. The summed E-state index contributed by atoms with van der Waals surface area (Å²) < 4.78 is 25.2. The van der Waals surface area contributed by atoms with Crippen molar-refractivity contribution in [2.75, 3.05) is 20.6 Å². The summed E-state index contributed by atoms with van der Waals surface area (Å²) in [5.41, 5.74) is 5.58. The number of hydrogen-bond acceptors (Lipinski definition) is 5. The number of nitrogens with zero attached hydrogens (tertiary/aromatic N) is 1. The van der Waals surface area contributed by atoms with E-state index >= 15 is 0 Å². The number of carbonyl (C=O) groups excluding carboxylic acids is 1. The molecule has 0 aliphatic heterocycles. The molecule has 9 heteroatoms. The predicted octanol–water partition coefficient (Wildman–Crippen LogP) is 0.887. The summed E-state index contributed by atoms with van der Waals surface area (Å²) in [5, 5.41) is 4.27. The average Bonchev–Trinajstić information content (AvgIpc) is 2.77. The number of halogens is 1. The third-order valence-corrected chi connectivity index (χ3v) is 5.38. The van der Waals surface area contributed by atoms with Crippen molar-refractivity contribution in [1.29, 1.82) is 0 Å². The number of carbonyl (C=O) groups is 1. The number of nitrogens with two attached hydrogens (primary N) is 1. The molecular formula is C11H20ClN3O3S2. The van der Waals surface area contributed by atoms with E-state index < -0.39 is 10.0 Å². The normalized spacial score (nSPS) is 12.8. The Kier molecular flexibility index (Phi) is 7.67. The molecule has 3 N–H and O–H groups in total. The van der Waals surface area contributed by atoms with Gasteiger partial charge >= 0.3 is 0 Å². The summed E-state index contributed by atoms with van der Waals surface area (Å²) >= 11 is 1.11. The Hall–Kier alpha value is -0.670. The summed E-state index contributed by atoms with van der Waals surface area (Å²) in [6.45, 7) is 2.27. The number of sulfonamides is 1. The van der Waals surface area contributed by atoms with Crippen molar-refractivity contribution in [3.63, 3.8) is 0 Å². The topological polar surface area (TPSA) is 92.5 Å². The number of thiophene rings is 1. The van der Waals surface area contributed by atoms with Gasteiger partial charge in [0.1, 0.15) is 9.77 Å². The fraction of sp³-hybridized carbons (Fsp3) is 0.545. The first kappa shape index (κ1) is 19.3. The van der Waals surface area contributed by atoms with E-state index in [1.807, 2.05) is 6.92 Å². The lowest BCUT2D eigenvalue weighted by molar-refractivity contribution is 0.0954. The second-order valence-corrected chi connectivity index (χ2v) is 7.46. The zero-order valence-electron chi connectivity index (χ0n) is 11.6. The van der Waals surface area contributed by atoms with E-state index in [1.54, 1.807) is 5.38 Å². The van der Waals surface area contributed by atoms with Crippen molar-refractivity contribution >= 4 is 39.7 Å². The highest BCUT2D eigenvalue weighted by Gasteiger charge is 2.25. The van der Waals surface area contributed by atoms with Crippen molar-refractivity contribution in [3.8, 4) is 0 Å². The van der Waals surface area contributed by atoms with Crippen molar-refractivity contribution in [3.05, 3.63) is 16.3 Å². The predicted molar refractivity (Wildman–Crippen MR) is 83.0 cm³/mol. The highest BCUT2D eigenvalue weighted by molar-refractivity contribution is 7.89. The Morgan fingerprint density at radius 1 is 1.50 bits per heavy atom. The molecule has 0 spiro atoms. The van der Waals surface area contributed by atoms with Crippen LogP contribution in [0.3, 0.4) is 0 Å². The molecule has 1 atom stereocenters. The van der Waals surface area contributed by atoms with Crippen LogP contribution < -0.4 is 11.1 Å². The Morgan fingerprint density at radius 3 is 2.60 bits per heavy atom. The monoisotopic (exact) mass is 341 g/mol. The fourth-order valence-electron chi connectivity index (χ4n) is 1.36. The van der Waals surface area contributed by atoms with Gasteiger partial charge in [0, 0.05) is 26.7 Å². The average molecular weight is 342 g/mol. The largest absolute Gasteiger partial charge is 0.351 e. The third-order valence-electron chi connectivity index (χ3n) is 2.48. The molecule has 20 heavy (non-hydrogen) atoms.